The average Bonchev–Trinajstić information content (AvgIpc) is 2.89. The fraction of sp³-hybridized carbons (Fsp3) is 0.429. The van der Waals surface area contributed by atoms with Crippen LogP contribution in [-0.4, -0.2) is 30.1 Å². The van der Waals surface area contributed by atoms with Crippen molar-refractivity contribution in [3.8, 4) is 0 Å². The third-order valence-electron chi connectivity index (χ3n) is 3.43. The monoisotopic (exact) mass is 296 g/mol. The van der Waals surface area contributed by atoms with Gasteiger partial charge in [-0.25, -0.2) is 4.79 Å². The van der Waals surface area contributed by atoms with E-state index in [2.05, 4.69) is 10.6 Å². The fourth-order valence-electron chi connectivity index (χ4n) is 2.32. The number of benzene rings is 1. The Morgan fingerprint density at radius 3 is 2.90 bits per heavy atom. The Morgan fingerprint density at radius 1 is 1.45 bits per heavy atom. The van der Waals surface area contributed by atoms with E-state index >= 15 is 0 Å². The first-order valence-electron chi connectivity index (χ1n) is 6.59. The van der Waals surface area contributed by atoms with Crippen LogP contribution in [0.2, 0.25) is 5.02 Å². The van der Waals surface area contributed by atoms with Crippen molar-refractivity contribution in [2.45, 2.75) is 19.3 Å². The predicted octanol–water partition coefficient (Wildman–Crippen LogP) is 2.37. The third-order valence-corrected chi connectivity index (χ3v) is 3.66. The Labute approximate surface area is 122 Å². The lowest BCUT2D eigenvalue weighted by Crippen LogP contribution is -2.16. The van der Waals surface area contributed by atoms with Crippen LogP contribution >= 0.6 is 11.6 Å². The summed E-state index contributed by atoms with van der Waals surface area (Å²) in [6, 6.07) is 4.34. The molecule has 5 nitrogen and oxygen atoms in total. The van der Waals surface area contributed by atoms with Gasteiger partial charge in [-0.3, -0.25) is 4.79 Å². The maximum absolute atomic E-state index is 11.9. The maximum Gasteiger partial charge on any atom is 0.337 e. The molecular formula is C14H17ClN2O3. The van der Waals surface area contributed by atoms with Crippen molar-refractivity contribution in [1.29, 1.82) is 0 Å². The summed E-state index contributed by atoms with van der Waals surface area (Å²) in [5.41, 5.74) is 0.296. The number of amides is 1. The molecule has 0 aliphatic carbocycles. The van der Waals surface area contributed by atoms with Gasteiger partial charge in [-0.1, -0.05) is 11.6 Å². The molecule has 108 valence electrons. The zero-order valence-electron chi connectivity index (χ0n) is 11.0. The van der Waals surface area contributed by atoms with Gasteiger partial charge < -0.3 is 15.7 Å². The second-order valence-corrected chi connectivity index (χ2v) is 5.38. The summed E-state index contributed by atoms with van der Waals surface area (Å²) in [6.45, 7) is 1.95. The molecule has 1 aromatic carbocycles. The summed E-state index contributed by atoms with van der Waals surface area (Å²) >= 11 is 5.83. The molecule has 1 aromatic rings. The van der Waals surface area contributed by atoms with Gasteiger partial charge in [-0.15, -0.1) is 0 Å². The summed E-state index contributed by atoms with van der Waals surface area (Å²) in [4.78, 5) is 23.0. The summed E-state index contributed by atoms with van der Waals surface area (Å²) in [5.74, 6) is -0.738. The van der Waals surface area contributed by atoms with Gasteiger partial charge in [-0.2, -0.15) is 0 Å². The number of carbonyl (C=O) groups is 2. The van der Waals surface area contributed by atoms with Gasteiger partial charge in [-0.05, 0) is 50.0 Å². The van der Waals surface area contributed by atoms with Gasteiger partial charge >= 0.3 is 5.97 Å². The minimum atomic E-state index is -1.09. The van der Waals surface area contributed by atoms with E-state index in [4.69, 9.17) is 16.7 Å². The number of carbonyl (C=O) groups excluding carboxylic acids is 1. The molecule has 1 amide bonds. The molecular weight excluding hydrogens is 280 g/mol. The van der Waals surface area contributed by atoms with Crippen LogP contribution in [0.4, 0.5) is 5.69 Å². The number of halogens is 1. The molecule has 3 N–H and O–H groups in total. The van der Waals surface area contributed by atoms with Crippen LogP contribution in [0.3, 0.4) is 0 Å². The number of rotatable bonds is 5. The van der Waals surface area contributed by atoms with Crippen LogP contribution in [0.1, 0.15) is 29.6 Å². The molecule has 2 rings (SSSR count). The van der Waals surface area contributed by atoms with Crippen molar-refractivity contribution in [1.82, 2.24) is 5.32 Å². The average molecular weight is 297 g/mol. The van der Waals surface area contributed by atoms with Gasteiger partial charge in [0.25, 0.3) is 0 Å². The largest absolute Gasteiger partial charge is 0.478 e. The molecule has 1 saturated heterocycles. The zero-order chi connectivity index (χ0) is 14.5. The maximum atomic E-state index is 11.9. The van der Waals surface area contributed by atoms with Crippen molar-refractivity contribution >= 4 is 29.2 Å². The highest BCUT2D eigenvalue weighted by Gasteiger charge is 2.17. The van der Waals surface area contributed by atoms with Crippen molar-refractivity contribution in [2.75, 3.05) is 18.4 Å². The van der Waals surface area contributed by atoms with Crippen molar-refractivity contribution < 1.29 is 14.7 Å². The molecule has 1 atom stereocenters. The highest BCUT2D eigenvalue weighted by Crippen LogP contribution is 2.22. The fourth-order valence-corrected chi connectivity index (χ4v) is 2.49. The summed E-state index contributed by atoms with van der Waals surface area (Å²) < 4.78 is 0. The van der Waals surface area contributed by atoms with E-state index in [0.29, 0.717) is 17.4 Å². The van der Waals surface area contributed by atoms with E-state index in [0.717, 1.165) is 25.9 Å². The standard InChI is InChI=1S/C14H17ClN2O3/c15-10-2-3-11(14(19)20)12(7-10)17-13(18)4-1-9-5-6-16-8-9/h2-3,7,9,16H,1,4-6,8H2,(H,17,18)(H,19,20). The summed E-state index contributed by atoms with van der Waals surface area (Å²) in [5, 5.41) is 15.3. The minimum Gasteiger partial charge on any atom is -0.478 e. The van der Waals surface area contributed by atoms with Gasteiger partial charge in [0.15, 0.2) is 0 Å². The van der Waals surface area contributed by atoms with Crippen LogP contribution in [0.15, 0.2) is 18.2 Å². The Morgan fingerprint density at radius 2 is 2.25 bits per heavy atom. The van der Waals surface area contributed by atoms with Crippen molar-refractivity contribution in [3.05, 3.63) is 28.8 Å². The molecule has 6 heteroatoms. The molecule has 1 aliphatic heterocycles. The van der Waals surface area contributed by atoms with Gasteiger partial charge in [0.1, 0.15) is 0 Å². The third kappa shape index (κ3) is 3.95. The number of nitrogens with one attached hydrogen (secondary N) is 2. The lowest BCUT2D eigenvalue weighted by atomic mass is 10.0. The Kier molecular flexibility index (Phi) is 4.98. The topological polar surface area (TPSA) is 78.4 Å². The zero-order valence-corrected chi connectivity index (χ0v) is 11.7. The number of hydrogen-bond donors (Lipinski definition) is 3. The normalized spacial score (nSPS) is 17.9. The molecule has 0 bridgehead atoms. The number of carboxylic acids is 1. The molecule has 0 aromatic heterocycles. The SMILES string of the molecule is O=C(CCC1CCNC1)Nc1cc(Cl)ccc1C(=O)O. The van der Waals surface area contributed by atoms with Crippen LogP contribution in [-0.2, 0) is 4.79 Å². The highest BCUT2D eigenvalue weighted by atomic mass is 35.5. The summed E-state index contributed by atoms with van der Waals surface area (Å²) in [6.07, 6.45) is 2.28. The van der Waals surface area contributed by atoms with Crippen LogP contribution in [0, 0.1) is 5.92 Å². The first kappa shape index (κ1) is 14.8. The molecule has 1 fully saturated rings. The minimum absolute atomic E-state index is 0.0466. The van der Waals surface area contributed by atoms with Gasteiger partial charge in [0.05, 0.1) is 11.3 Å². The predicted molar refractivity (Wildman–Crippen MR) is 77.3 cm³/mol. The van der Waals surface area contributed by atoms with Gasteiger partial charge in [0, 0.05) is 11.4 Å². The molecule has 1 unspecified atom stereocenters. The second-order valence-electron chi connectivity index (χ2n) is 4.94. The van der Waals surface area contributed by atoms with Crippen LogP contribution in [0.5, 0.6) is 0 Å². The quantitative estimate of drug-likeness (QED) is 0.779. The van der Waals surface area contributed by atoms with E-state index in [-0.39, 0.29) is 17.2 Å². The number of anilines is 1. The molecule has 20 heavy (non-hydrogen) atoms. The first-order chi connectivity index (χ1) is 9.56. The molecule has 0 radical (unpaired) electrons. The Balaban J connectivity index is 1.96. The van der Waals surface area contributed by atoms with E-state index in [1.165, 1.54) is 18.2 Å². The molecule has 1 aliphatic rings. The second kappa shape index (κ2) is 6.72. The molecule has 0 spiro atoms. The van der Waals surface area contributed by atoms with E-state index in [1.807, 2.05) is 0 Å². The number of aromatic carboxylic acids is 1. The number of hydrogen-bond acceptors (Lipinski definition) is 3. The summed E-state index contributed by atoms with van der Waals surface area (Å²) in [7, 11) is 0. The van der Waals surface area contributed by atoms with E-state index in [9.17, 15) is 9.59 Å². The van der Waals surface area contributed by atoms with E-state index in [1.54, 1.807) is 0 Å². The lowest BCUT2D eigenvalue weighted by Gasteiger charge is -2.11. The van der Waals surface area contributed by atoms with Crippen molar-refractivity contribution in [3.63, 3.8) is 0 Å². The highest BCUT2D eigenvalue weighted by molar-refractivity contribution is 6.31. The number of carboxylic acid groups (broad SMARTS) is 1. The molecule has 0 saturated carbocycles. The van der Waals surface area contributed by atoms with Crippen LogP contribution < -0.4 is 10.6 Å². The van der Waals surface area contributed by atoms with E-state index < -0.39 is 5.97 Å². The lowest BCUT2D eigenvalue weighted by molar-refractivity contribution is -0.116. The smallest absolute Gasteiger partial charge is 0.337 e. The Bertz CT molecular complexity index is 513. The Hall–Kier alpha value is -1.59. The molecule has 1 heterocycles. The van der Waals surface area contributed by atoms with Gasteiger partial charge in [0.2, 0.25) is 5.91 Å². The van der Waals surface area contributed by atoms with Crippen molar-refractivity contribution in [2.24, 2.45) is 5.92 Å². The first-order valence-corrected chi connectivity index (χ1v) is 6.97. The van der Waals surface area contributed by atoms with Crippen LogP contribution in [0.25, 0.3) is 0 Å².